The van der Waals surface area contributed by atoms with Crippen LogP contribution in [-0.2, 0) is 4.79 Å². The molecule has 2 aliphatic rings. The first-order chi connectivity index (χ1) is 16.9. The van der Waals surface area contributed by atoms with Crippen molar-refractivity contribution in [3.8, 4) is 0 Å². The lowest BCUT2D eigenvalue weighted by molar-refractivity contribution is -0.126. The highest BCUT2D eigenvalue weighted by molar-refractivity contribution is 9.10. The maximum absolute atomic E-state index is 12.4. The SMILES string of the molecule is NC1(C(=O)NCCCNc2nc(Nc3cccc(NC(=O)N4CCCC4)c3)ncc2Br)CCCC1. The van der Waals surface area contributed by atoms with Crippen molar-refractivity contribution < 1.29 is 9.59 Å². The average molecular weight is 545 g/mol. The number of urea groups is 1. The minimum atomic E-state index is -0.696. The number of amides is 3. The summed E-state index contributed by atoms with van der Waals surface area (Å²) >= 11 is 3.48. The third kappa shape index (κ3) is 6.82. The highest BCUT2D eigenvalue weighted by Gasteiger charge is 2.36. The molecule has 0 spiro atoms. The number of likely N-dealkylation sites (tertiary alicyclic amines) is 1. The Morgan fingerprint density at radius 1 is 1.09 bits per heavy atom. The van der Waals surface area contributed by atoms with Crippen LogP contribution in [0.15, 0.2) is 34.9 Å². The monoisotopic (exact) mass is 544 g/mol. The van der Waals surface area contributed by atoms with Crippen LogP contribution in [0, 0.1) is 0 Å². The van der Waals surface area contributed by atoms with Crippen LogP contribution in [0.5, 0.6) is 0 Å². The lowest BCUT2D eigenvalue weighted by Crippen LogP contribution is -2.52. The van der Waals surface area contributed by atoms with E-state index in [1.165, 1.54) is 0 Å². The molecule has 188 valence electrons. The van der Waals surface area contributed by atoms with E-state index in [1.54, 1.807) is 6.20 Å². The molecule has 10 nitrogen and oxygen atoms in total. The van der Waals surface area contributed by atoms with Gasteiger partial charge in [-0.25, -0.2) is 9.78 Å². The number of hydrogen-bond donors (Lipinski definition) is 5. The first-order valence-electron chi connectivity index (χ1n) is 12.2. The Balaban J connectivity index is 1.26. The molecule has 3 amide bonds. The number of nitrogens with one attached hydrogen (secondary N) is 4. The molecule has 2 fully saturated rings. The van der Waals surface area contributed by atoms with Crippen LogP contribution in [0.3, 0.4) is 0 Å². The fourth-order valence-corrected chi connectivity index (χ4v) is 4.72. The van der Waals surface area contributed by atoms with E-state index in [-0.39, 0.29) is 11.9 Å². The van der Waals surface area contributed by atoms with E-state index in [0.29, 0.717) is 30.5 Å². The van der Waals surface area contributed by atoms with Gasteiger partial charge in [0, 0.05) is 43.8 Å². The number of halogens is 1. The van der Waals surface area contributed by atoms with E-state index in [0.717, 1.165) is 68.2 Å². The highest BCUT2D eigenvalue weighted by atomic mass is 79.9. The van der Waals surface area contributed by atoms with Gasteiger partial charge in [-0.05, 0) is 66.2 Å². The highest BCUT2D eigenvalue weighted by Crippen LogP contribution is 2.27. The second-order valence-corrected chi connectivity index (χ2v) is 9.97. The van der Waals surface area contributed by atoms with Gasteiger partial charge in [0.15, 0.2) is 0 Å². The molecule has 1 aromatic heterocycles. The first-order valence-corrected chi connectivity index (χ1v) is 13.0. The van der Waals surface area contributed by atoms with Crippen molar-refractivity contribution >= 4 is 51.0 Å². The summed E-state index contributed by atoms with van der Waals surface area (Å²) in [4.78, 5) is 35.4. The van der Waals surface area contributed by atoms with Crippen LogP contribution < -0.4 is 27.0 Å². The van der Waals surface area contributed by atoms with Crippen LogP contribution >= 0.6 is 15.9 Å². The second kappa shape index (κ2) is 11.7. The number of rotatable bonds is 9. The van der Waals surface area contributed by atoms with Crippen molar-refractivity contribution in [1.82, 2.24) is 20.2 Å². The molecule has 6 N–H and O–H groups in total. The Morgan fingerprint density at radius 2 is 1.83 bits per heavy atom. The maximum Gasteiger partial charge on any atom is 0.321 e. The molecule has 11 heteroatoms. The Labute approximate surface area is 214 Å². The zero-order chi connectivity index (χ0) is 24.7. The van der Waals surface area contributed by atoms with Gasteiger partial charge in [-0.15, -0.1) is 0 Å². The molecule has 1 aliphatic carbocycles. The number of carbonyl (C=O) groups excluding carboxylic acids is 2. The molecule has 0 unspecified atom stereocenters. The number of aromatic nitrogens is 2. The molecule has 2 heterocycles. The third-order valence-electron chi connectivity index (χ3n) is 6.39. The van der Waals surface area contributed by atoms with Gasteiger partial charge >= 0.3 is 6.03 Å². The summed E-state index contributed by atoms with van der Waals surface area (Å²) in [5, 5.41) is 12.4. The summed E-state index contributed by atoms with van der Waals surface area (Å²) in [5.74, 6) is 1.03. The van der Waals surface area contributed by atoms with Gasteiger partial charge in [0.1, 0.15) is 5.82 Å². The largest absolute Gasteiger partial charge is 0.369 e. The quantitative estimate of drug-likeness (QED) is 0.302. The van der Waals surface area contributed by atoms with Crippen LogP contribution in [0.4, 0.5) is 27.9 Å². The Morgan fingerprint density at radius 3 is 2.60 bits per heavy atom. The standard InChI is InChI=1S/C24H33BrN8O2/c25-19-16-29-22(30-17-7-5-8-18(15-17)31-23(35)33-13-3-4-14-33)32-20(19)27-11-6-12-28-21(34)24(26)9-1-2-10-24/h5,7-8,15-16H,1-4,6,9-14,26H2,(H,28,34)(H,31,35)(H2,27,29,30,32). The van der Waals surface area contributed by atoms with Crippen LogP contribution in [0.2, 0.25) is 0 Å². The van der Waals surface area contributed by atoms with E-state index in [2.05, 4.69) is 47.2 Å². The molecular formula is C24H33BrN8O2. The van der Waals surface area contributed by atoms with E-state index >= 15 is 0 Å². The van der Waals surface area contributed by atoms with Crippen LogP contribution in [0.1, 0.15) is 44.9 Å². The van der Waals surface area contributed by atoms with Gasteiger partial charge in [-0.2, -0.15) is 4.98 Å². The summed E-state index contributed by atoms with van der Waals surface area (Å²) in [6, 6.07) is 7.38. The number of nitrogens with zero attached hydrogens (tertiary/aromatic N) is 3. The van der Waals surface area contributed by atoms with E-state index in [1.807, 2.05) is 29.2 Å². The molecule has 1 aliphatic heterocycles. The summed E-state index contributed by atoms with van der Waals surface area (Å²) in [6.07, 6.45) is 8.06. The Bertz CT molecular complexity index is 1040. The zero-order valence-electron chi connectivity index (χ0n) is 19.8. The van der Waals surface area contributed by atoms with Gasteiger partial charge in [0.25, 0.3) is 0 Å². The van der Waals surface area contributed by atoms with E-state index < -0.39 is 5.54 Å². The predicted molar refractivity (Wildman–Crippen MR) is 141 cm³/mol. The van der Waals surface area contributed by atoms with E-state index in [9.17, 15) is 9.59 Å². The molecule has 1 saturated carbocycles. The molecular weight excluding hydrogens is 512 g/mol. The van der Waals surface area contributed by atoms with Crippen molar-refractivity contribution in [3.63, 3.8) is 0 Å². The Kier molecular flexibility index (Phi) is 8.40. The number of hydrogen-bond acceptors (Lipinski definition) is 7. The molecule has 0 bridgehead atoms. The average Bonchev–Trinajstić information content (AvgIpc) is 3.54. The predicted octanol–water partition coefficient (Wildman–Crippen LogP) is 3.80. The number of anilines is 4. The summed E-state index contributed by atoms with van der Waals surface area (Å²) in [6.45, 7) is 2.78. The molecule has 4 rings (SSSR count). The lowest BCUT2D eigenvalue weighted by atomic mass is 9.98. The molecule has 2 aromatic rings. The third-order valence-corrected chi connectivity index (χ3v) is 6.97. The fourth-order valence-electron chi connectivity index (χ4n) is 4.38. The minimum Gasteiger partial charge on any atom is -0.369 e. The normalized spacial score (nSPS) is 16.7. The van der Waals surface area contributed by atoms with Gasteiger partial charge in [-0.3, -0.25) is 4.79 Å². The summed E-state index contributed by atoms with van der Waals surface area (Å²) in [7, 11) is 0. The molecule has 0 radical (unpaired) electrons. The zero-order valence-corrected chi connectivity index (χ0v) is 21.4. The number of benzene rings is 1. The molecule has 0 atom stereocenters. The van der Waals surface area contributed by atoms with Gasteiger partial charge < -0.3 is 31.9 Å². The number of carbonyl (C=O) groups is 2. The van der Waals surface area contributed by atoms with Crippen molar-refractivity contribution in [2.45, 2.75) is 50.5 Å². The molecule has 35 heavy (non-hydrogen) atoms. The Hall–Kier alpha value is -2.92. The second-order valence-electron chi connectivity index (χ2n) is 9.12. The fraction of sp³-hybridized carbons (Fsp3) is 0.500. The van der Waals surface area contributed by atoms with Crippen molar-refractivity contribution in [2.24, 2.45) is 5.73 Å². The molecule has 1 saturated heterocycles. The smallest absolute Gasteiger partial charge is 0.321 e. The lowest BCUT2D eigenvalue weighted by Gasteiger charge is -2.22. The maximum atomic E-state index is 12.4. The first kappa shape index (κ1) is 25.2. The van der Waals surface area contributed by atoms with Gasteiger partial charge in [0.05, 0.1) is 10.0 Å². The van der Waals surface area contributed by atoms with E-state index in [4.69, 9.17) is 5.73 Å². The van der Waals surface area contributed by atoms with Crippen molar-refractivity contribution in [3.05, 3.63) is 34.9 Å². The van der Waals surface area contributed by atoms with Crippen molar-refractivity contribution in [2.75, 3.05) is 42.1 Å². The topological polar surface area (TPSA) is 137 Å². The van der Waals surface area contributed by atoms with Gasteiger partial charge in [0.2, 0.25) is 11.9 Å². The summed E-state index contributed by atoms with van der Waals surface area (Å²) in [5.41, 5.74) is 6.97. The molecule has 1 aromatic carbocycles. The number of nitrogens with two attached hydrogens (primary N) is 1. The van der Waals surface area contributed by atoms with Gasteiger partial charge in [-0.1, -0.05) is 18.9 Å². The van der Waals surface area contributed by atoms with Crippen LogP contribution in [-0.4, -0.2) is 58.5 Å². The summed E-state index contributed by atoms with van der Waals surface area (Å²) < 4.78 is 0.741. The van der Waals surface area contributed by atoms with Crippen LogP contribution in [0.25, 0.3) is 0 Å². The minimum absolute atomic E-state index is 0.0523. The van der Waals surface area contributed by atoms with Crippen molar-refractivity contribution in [1.29, 1.82) is 0 Å².